The fourth-order valence-corrected chi connectivity index (χ4v) is 2.70. The molecule has 1 heterocycles. The second-order valence-corrected chi connectivity index (χ2v) is 6.48. The van der Waals surface area contributed by atoms with Gasteiger partial charge in [-0.25, -0.2) is 0 Å². The van der Waals surface area contributed by atoms with Gasteiger partial charge in [-0.3, -0.25) is 0 Å². The Morgan fingerprint density at radius 3 is 2.44 bits per heavy atom. The minimum atomic E-state index is 0.187. The Hall–Kier alpha value is -0.690. The molecule has 2 unspecified atom stereocenters. The van der Waals surface area contributed by atoms with Crippen molar-refractivity contribution >= 4 is 11.8 Å². The van der Waals surface area contributed by atoms with Crippen molar-refractivity contribution in [1.29, 1.82) is 0 Å². The first kappa shape index (κ1) is 11.8. The molecule has 0 saturated heterocycles. The smallest absolute Gasteiger partial charge is 0.0249 e. The molecule has 0 N–H and O–H groups in total. The molecule has 1 aliphatic heterocycles. The van der Waals surface area contributed by atoms with E-state index in [-0.39, 0.29) is 5.41 Å². The summed E-state index contributed by atoms with van der Waals surface area (Å²) in [4.78, 5) is 0. The van der Waals surface area contributed by atoms with Gasteiger partial charge in [0.1, 0.15) is 0 Å². The third-order valence-electron chi connectivity index (χ3n) is 3.65. The van der Waals surface area contributed by atoms with Crippen molar-refractivity contribution in [3.8, 4) is 0 Å². The van der Waals surface area contributed by atoms with Crippen molar-refractivity contribution in [3.63, 3.8) is 0 Å². The molecule has 16 heavy (non-hydrogen) atoms. The zero-order valence-electron chi connectivity index (χ0n) is 10.5. The molecule has 0 amide bonds. The number of hydrogen-bond donors (Lipinski definition) is 0. The van der Waals surface area contributed by atoms with Crippen LogP contribution in [-0.2, 0) is 0 Å². The summed E-state index contributed by atoms with van der Waals surface area (Å²) in [5.41, 5.74) is 2.93. The van der Waals surface area contributed by atoms with E-state index < -0.39 is 0 Å². The van der Waals surface area contributed by atoms with E-state index in [0.29, 0.717) is 11.2 Å². The van der Waals surface area contributed by atoms with Gasteiger partial charge >= 0.3 is 0 Å². The van der Waals surface area contributed by atoms with Crippen LogP contribution in [0.4, 0.5) is 0 Å². The maximum absolute atomic E-state index is 2.35. The van der Waals surface area contributed by atoms with Crippen LogP contribution in [0, 0.1) is 11.3 Å². The fourth-order valence-electron chi connectivity index (χ4n) is 1.90. The van der Waals surface area contributed by atoms with Crippen LogP contribution < -0.4 is 0 Å². The topological polar surface area (TPSA) is 0 Å². The highest BCUT2D eigenvalue weighted by Crippen LogP contribution is 2.37. The third kappa shape index (κ3) is 2.20. The van der Waals surface area contributed by atoms with E-state index in [4.69, 9.17) is 0 Å². The van der Waals surface area contributed by atoms with E-state index in [9.17, 15) is 0 Å². The minimum Gasteiger partial charge on any atom is -0.126 e. The maximum atomic E-state index is 2.35. The summed E-state index contributed by atoms with van der Waals surface area (Å²) in [6, 6.07) is 0. The van der Waals surface area contributed by atoms with Crippen molar-refractivity contribution in [2.24, 2.45) is 11.3 Å². The molecule has 86 valence electrons. The van der Waals surface area contributed by atoms with Gasteiger partial charge in [-0.15, -0.1) is 11.8 Å². The van der Waals surface area contributed by atoms with Crippen LogP contribution in [0.3, 0.4) is 0 Å². The van der Waals surface area contributed by atoms with Crippen molar-refractivity contribution in [2.75, 3.05) is 0 Å². The normalized spacial score (nSPS) is 33.2. The van der Waals surface area contributed by atoms with E-state index in [0.717, 1.165) is 0 Å². The monoisotopic (exact) mass is 232 g/mol. The predicted molar refractivity (Wildman–Crippen MR) is 74.4 cm³/mol. The molecule has 0 aromatic rings. The molecule has 0 radical (unpaired) electrons. The second kappa shape index (κ2) is 4.29. The van der Waals surface area contributed by atoms with Gasteiger partial charge in [0.25, 0.3) is 0 Å². The Morgan fingerprint density at radius 1 is 1.19 bits per heavy atom. The molecule has 0 fully saturated rings. The van der Waals surface area contributed by atoms with Crippen LogP contribution in [-0.4, -0.2) is 5.25 Å². The van der Waals surface area contributed by atoms with Crippen LogP contribution in [0.1, 0.15) is 27.7 Å². The highest BCUT2D eigenvalue weighted by atomic mass is 32.2. The van der Waals surface area contributed by atoms with Crippen LogP contribution >= 0.6 is 11.8 Å². The van der Waals surface area contributed by atoms with Gasteiger partial charge in [0.05, 0.1) is 0 Å². The zero-order valence-corrected chi connectivity index (χ0v) is 11.3. The van der Waals surface area contributed by atoms with Crippen molar-refractivity contribution in [1.82, 2.24) is 0 Å². The van der Waals surface area contributed by atoms with Crippen LogP contribution in [0.5, 0.6) is 0 Å². The second-order valence-electron chi connectivity index (χ2n) is 5.22. The summed E-state index contributed by atoms with van der Waals surface area (Å²) in [5.74, 6) is 0.631. The lowest BCUT2D eigenvalue weighted by molar-refractivity contribution is 0.383. The summed E-state index contributed by atoms with van der Waals surface area (Å²) in [7, 11) is 0. The Morgan fingerprint density at radius 2 is 1.81 bits per heavy atom. The Kier molecular flexibility index (Phi) is 3.16. The molecule has 0 saturated carbocycles. The fraction of sp³-hybridized carbons (Fsp3) is 0.467. The first-order chi connectivity index (χ1) is 7.51. The van der Waals surface area contributed by atoms with Gasteiger partial charge in [-0.1, -0.05) is 51.2 Å². The Balaban J connectivity index is 2.38. The largest absolute Gasteiger partial charge is 0.126 e. The summed E-state index contributed by atoms with van der Waals surface area (Å²) in [6.45, 7) is 9.11. The van der Waals surface area contributed by atoms with Crippen molar-refractivity contribution in [3.05, 3.63) is 46.9 Å². The summed E-state index contributed by atoms with van der Waals surface area (Å²) in [5, 5.41) is 2.88. The first-order valence-electron chi connectivity index (χ1n) is 5.97. The molecular formula is C15H20S. The number of fused-ring (bicyclic) bond motifs is 1. The molecular weight excluding hydrogens is 212 g/mol. The minimum absolute atomic E-state index is 0.187. The molecule has 2 rings (SSSR count). The molecule has 0 aromatic heterocycles. The average molecular weight is 232 g/mol. The van der Waals surface area contributed by atoms with Crippen LogP contribution in [0.25, 0.3) is 0 Å². The van der Waals surface area contributed by atoms with Gasteiger partial charge in [0, 0.05) is 10.7 Å². The van der Waals surface area contributed by atoms with E-state index in [2.05, 4.69) is 63.5 Å². The summed E-state index contributed by atoms with van der Waals surface area (Å²) >= 11 is 1.90. The lowest BCUT2D eigenvalue weighted by atomic mass is 9.79. The molecule has 1 heteroatoms. The molecule has 2 aliphatic rings. The van der Waals surface area contributed by atoms with E-state index in [1.54, 1.807) is 0 Å². The zero-order chi connectivity index (χ0) is 11.8. The predicted octanol–water partition coefficient (Wildman–Crippen LogP) is 4.72. The first-order valence-corrected chi connectivity index (χ1v) is 6.92. The van der Waals surface area contributed by atoms with E-state index in [1.807, 2.05) is 11.8 Å². The lowest BCUT2D eigenvalue weighted by Crippen LogP contribution is -2.17. The number of hydrogen-bond acceptors (Lipinski definition) is 1. The Labute approximate surface area is 103 Å². The van der Waals surface area contributed by atoms with Gasteiger partial charge in [-0.05, 0) is 29.4 Å². The van der Waals surface area contributed by atoms with Crippen LogP contribution in [0.15, 0.2) is 46.9 Å². The standard InChI is InChI=1S/C15H20S/c1-11(2)15(4)7-5-13-9-12(3)16-10-14(13)6-8-15/h5-12H,1-4H3. The highest BCUT2D eigenvalue weighted by molar-refractivity contribution is 8.02. The SMILES string of the molecule is CC1C=C2C=CC(C)(C(C)C)C=CC2=CS1. The summed E-state index contributed by atoms with van der Waals surface area (Å²) in [6.07, 6.45) is 11.6. The van der Waals surface area contributed by atoms with E-state index >= 15 is 0 Å². The summed E-state index contributed by atoms with van der Waals surface area (Å²) < 4.78 is 0. The lowest BCUT2D eigenvalue weighted by Gasteiger charge is -2.25. The van der Waals surface area contributed by atoms with E-state index in [1.165, 1.54) is 11.1 Å². The maximum Gasteiger partial charge on any atom is 0.0249 e. The van der Waals surface area contributed by atoms with Crippen LogP contribution in [0.2, 0.25) is 0 Å². The molecule has 1 aliphatic carbocycles. The average Bonchev–Trinajstić information content (AvgIpc) is 2.40. The number of rotatable bonds is 1. The van der Waals surface area contributed by atoms with Gasteiger partial charge < -0.3 is 0 Å². The molecule has 0 aromatic carbocycles. The third-order valence-corrected chi connectivity index (χ3v) is 4.60. The molecule has 2 atom stereocenters. The van der Waals surface area contributed by atoms with Gasteiger partial charge in [-0.2, -0.15) is 0 Å². The van der Waals surface area contributed by atoms with Gasteiger partial charge in [0.15, 0.2) is 0 Å². The molecule has 0 nitrogen and oxygen atoms in total. The number of thioether (sulfide) groups is 1. The Bertz CT molecular complexity index is 396. The van der Waals surface area contributed by atoms with Crippen molar-refractivity contribution in [2.45, 2.75) is 32.9 Å². The quantitative estimate of drug-likeness (QED) is 0.630. The van der Waals surface area contributed by atoms with Crippen molar-refractivity contribution < 1.29 is 0 Å². The number of allylic oxidation sites excluding steroid dienone is 6. The van der Waals surface area contributed by atoms with Gasteiger partial charge in [0.2, 0.25) is 0 Å². The molecule has 0 spiro atoms. The highest BCUT2D eigenvalue weighted by Gasteiger charge is 2.24. The molecule has 0 bridgehead atoms.